The van der Waals surface area contributed by atoms with Crippen molar-refractivity contribution in [2.45, 2.75) is 25.3 Å². The molecule has 0 radical (unpaired) electrons. The van der Waals surface area contributed by atoms with E-state index in [1.807, 2.05) is 0 Å². The third-order valence-corrected chi connectivity index (χ3v) is 3.88. The van der Waals surface area contributed by atoms with Crippen LogP contribution in [0.5, 0.6) is 0 Å². The lowest BCUT2D eigenvalue weighted by Crippen LogP contribution is -2.54. The second kappa shape index (κ2) is 3.67. The third-order valence-electron chi connectivity index (χ3n) is 3.88. The number of rotatable bonds is 2. The average molecular weight is 209 g/mol. The maximum atomic E-state index is 5.70. The largest absolute Gasteiger partial charge is 0.350 e. The highest BCUT2D eigenvalue weighted by atomic mass is 15.5. The number of hydrogen-bond acceptors (Lipinski definition) is 3. The fourth-order valence-corrected chi connectivity index (χ4v) is 3.27. The van der Waals surface area contributed by atoms with Gasteiger partial charge in [0.05, 0.1) is 26.2 Å². The van der Waals surface area contributed by atoms with Crippen molar-refractivity contribution >= 4 is 5.96 Å². The molecule has 1 saturated heterocycles. The third kappa shape index (κ3) is 1.42. The Balaban J connectivity index is 1.85. The second-order valence-corrected chi connectivity index (χ2v) is 4.86. The Bertz CT molecular complexity index is 286. The normalized spacial score (nSPS) is 29.8. The number of hydrogen-bond donors (Lipinski definition) is 1. The molecule has 4 heteroatoms. The molecule has 84 valence electrons. The maximum absolute atomic E-state index is 5.70. The van der Waals surface area contributed by atoms with E-state index in [4.69, 9.17) is 5.73 Å². The van der Waals surface area contributed by atoms with Crippen LogP contribution in [-0.4, -0.2) is 65.6 Å². The summed E-state index contributed by atoms with van der Waals surface area (Å²) in [5.41, 5.74) is 5.70. The topological polar surface area (TPSA) is 35.5 Å². The van der Waals surface area contributed by atoms with E-state index in [2.05, 4.69) is 14.4 Å². The van der Waals surface area contributed by atoms with Crippen LogP contribution in [0.15, 0.2) is 0 Å². The van der Waals surface area contributed by atoms with E-state index in [9.17, 15) is 0 Å². The van der Waals surface area contributed by atoms with Gasteiger partial charge in [0.15, 0.2) is 0 Å². The fraction of sp³-hybridized carbons (Fsp3) is 0.909. The van der Waals surface area contributed by atoms with Crippen LogP contribution in [0.4, 0.5) is 0 Å². The van der Waals surface area contributed by atoms with Gasteiger partial charge >= 0.3 is 5.96 Å². The van der Waals surface area contributed by atoms with Crippen molar-refractivity contribution in [3.05, 3.63) is 0 Å². The summed E-state index contributed by atoms with van der Waals surface area (Å²) in [5, 5.41) is 0. The number of nitrogens with zero attached hydrogens (tertiary/aromatic N) is 3. The molecule has 0 aliphatic carbocycles. The van der Waals surface area contributed by atoms with Gasteiger partial charge in [0.25, 0.3) is 0 Å². The van der Waals surface area contributed by atoms with Gasteiger partial charge in [-0.1, -0.05) is 0 Å². The molecule has 2 N–H and O–H groups in total. The minimum absolute atomic E-state index is 0.686. The predicted octanol–water partition coefficient (Wildman–Crippen LogP) is -0.503. The SMILES string of the molecule is NCCC1C[N+]2=C3N(CCCN31)CCC2. The van der Waals surface area contributed by atoms with Gasteiger partial charge in [-0.05, 0) is 13.0 Å². The molecule has 0 aromatic carbocycles. The van der Waals surface area contributed by atoms with Gasteiger partial charge in [-0.2, -0.15) is 0 Å². The first-order chi connectivity index (χ1) is 7.40. The van der Waals surface area contributed by atoms with E-state index in [0.717, 1.165) is 13.0 Å². The maximum Gasteiger partial charge on any atom is 0.350 e. The second-order valence-electron chi connectivity index (χ2n) is 4.86. The Labute approximate surface area is 91.3 Å². The van der Waals surface area contributed by atoms with Crippen LogP contribution in [0.3, 0.4) is 0 Å². The minimum atomic E-state index is 0.686. The van der Waals surface area contributed by atoms with Gasteiger partial charge in [-0.3, -0.25) is 14.4 Å². The lowest BCUT2D eigenvalue weighted by atomic mass is 10.1. The van der Waals surface area contributed by atoms with Crippen LogP contribution in [0.1, 0.15) is 19.3 Å². The van der Waals surface area contributed by atoms with Crippen molar-refractivity contribution in [1.29, 1.82) is 0 Å². The molecule has 1 fully saturated rings. The molecule has 3 heterocycles. The zero-order chi connectivity index (χ0) is 10.3. The summed E-state index contributed by atoms with van der Waals surface area (Å²) in [5.74, 6) is 1.52. The molecule has 0 aromatic heterocycles. The molecule has 3 aliphatic rings. The van der Waals surface area contributed by atoms with Crippen LogP contribution in [0, 0.1) is 0 Å². The Morgan fingerprint density at radius 1 is 1.27 bits per heavy atom. The molecule has 1 atom stereocenters. The Kier molecular flexibility index (Phi) is 2.31. The molecule has 4 nitrogen and oxygen atoms in total. The highest BCUT2D eigenvalue weighted by Crippen LogP contribution is 2.23. The van der Waals surface area contributed by atoms with Crippen molar-refractivity contribution in [1.82, 2.24) is 9.80 Å². The monoisotopic (exact) mass is 209 g/mol. The van der Waals surface area contributed by atoms with Gasteiger partial charge in [0.1, 0.15) is 12.6 Å². The molecule has 0 aromatic rings. The quantitative estimate of drug-likeness (QED) is 0.623. The molecule has 3 rings (SSSR count). The molecule has 1 unspecified atom stereocenters. The molecule has 0 bridgehead atoms. The lowest BCUT2D eigenvalue weighted by Gasteiger charge is -2.33. The summed E-state index contributed by atoms with van der Waals surface area (Å²) in [4.78, 5) is 5.18. The summed E-state index contributed by atoms with van der Waals surface area (Å²) >= 11 is 0. The van der Waals surface area contributed by atoms with Crippen LogP contribution >= 0.6 is 0 Å². The van der Waals surface area contributed by atoms with Crippen LogP contribution in [0.2, 0.25) is 0 Å². The Morgan fingerprint density at radius 2 is 2.13 bits per heavy atom. The van der Waals surface area contributed by atoms with E-state index in [1.54, 1.807) is 0 Å². The van der Waals surface area contributed by atoms with Crippen molar-refractivity contribution in [3.8, 4) is 0 Å². The van der Waals surface area contributed by atoms with Crippen LogP contribution in [-0.2, 0) is 0 Å². The first-order valence-corrected chi connectivity index (χ1v) is 6.23. The molecular weight excluding hydrogens is 188 g/mol. The number of nitrogens with two attached hydrogens (primary N) is 1. The van der Waals surface area contributed by atoms with Crippen molar-refractivity contribution < 1.29 is 4.58 Å². The van der Waals surface area contributed by atoms with Crippen molar-refractivity contribution in [3.63, 3.8) is 0 Å². The van der Waals surface area contributed by atoms with E-state index < -0.39 is 0 Å². The first-order valence-electron chi connectivity index (χ1n) is 6.23. The van der Waals surface area contributed by atoms with Gasteiger partial charge in [-0.15, -0.1) is 0 Å². The lowest BCUT2D eigenvalue weighted by molar-refractivity contribution is -0.531. The van der Waals surface area contributed by atoms with Gasteiger partial charge < -0.3 is 5.73 Å². The zero-order valence-corrected chi connectivity index (χ0v) is 9.36. The predicted molar refractivity (Wildman–Crippen MR) is 60.0 cm³/mol. The molecule has 3 aliphatic heterocycles. The molecule has 0 spiro atoms. The zero-order valence-electron chi connectivity index (χ0n) is 9.36. The van der Waals surface area contributed by atoms with E-state index in [0.29, 0.717) is 6.04 Å². The highest BCUT2D eigenvalue weighted by Gasteiger charge is 2.45. The fourth-order valence-electron chi connectivity index (χ4n) is 3.27. The smallest absolute Gasteiger partial charge is 0.330 e. The van der Waals surface area contributed by atoms with E-state index >= 15 is 0 Å². The standard InChI is InChI=1S/C11H21N4/c12-4-3-10-9-14-7-1-5-13-6-2-8-15(10)11(13)14/h10H,1-9,12H2/q+1. The van der Waals surface area contributed by atoms with Crippen LogP contribution in [0.25, 0.3) is 0 Å². The number of guanidine groups is 1. The van der Waals surface area contributed by atoms with Crippen molar-refractivity contribution in [2.24, 2.45) is 5.73 Å². The van der Waals surface area contributed by atoms with E-state index in [1.165, 1.54) is 51.5 Å². The molecule has 0 saturated carbocycles. The first kappa shape index (κ1) is 9.46. The molecular formula is C11H21N4+. The summed E-state index contributed by atoms with van der Waals surface area (Å²) in [6.45, 7) is 7.05. The van der Waals surface area contributed by atoms with Crippen LogP contribution < -0.4 is 5.73 Å². The van der Waals surface area contributed by atoms with Gasteiger partial charge in [0, 0.05) is 12.8 Å². The van der Waals surface area contributed by atoms with E-state index in [-0.39, 0.29) is 0 Å². The molecule has 0 amide bonds. The average Bonchev–Trinajstić information content (AvgIpc) is 2.61. The highest BCUT2D eigenvalue weighted by molar-refractivity contribution is 5.77. The summed E-state index contributed by atoms with van der Waals surface area (Å²) < 4.78 is 2.57. The van der Waals surface area contributed by atoms with Gasteiger partial charge in [-0.25, -0.2) is 0 Å². The van der Waals surface area contributed by atoms with Crippen molar-refractivity contribution in [2.75, 3.05) is 39.3 Å². The molecule has 15 heavy (non-hydrogen) atoms. The summed E-state index contributed by atoms with van der Waals surface area (Å²) in [6, 6.07) is 0.686. The Hall–Kier alpha value is -0.770. The Morgan fingerprint density at radius 3 is 3.00 bits per heavy atom. The van der Waals surface area contributed by atoms with Gasteiger partial charge in [0.2, 0.25) is 0 Å². The summed E-state index contributed by atoms with van der Waals surface area (Å²) in [6.07, 6.45) is 3.79. The summed E-state index contributed by atoms with van der Waals surface area (Å²) in [7, 11) is 0. The minimum Gasteiger partial charge on any atom is -0.330 e.